The second-order valence-corrected chi connectivity index (χ2v) is 6.27. The van der Waals surface area contributed by atoms with E-state index in [4.69, 9.17) is 18.6 Å². The number of methoxy groups -OCH3 is 1. The fourth-order valence-corrected chi connectivity index (χ4v) is 2.64. The minimum atomic E-state index is -4.66. The first kappa shape index (κ1) is 17.7. The third-order valence-corrected chi connectivity index (χ3v) is 3.46. The van der Waals surface area contributed by atoms with Gasteiger partial charge in [0, 0.05) is 13.5 Å². The molecule has 0 bridgehead atoms. The van der Waals surface area contributed by atoms with Crippen LogP contribution in [0.2, 0.25) is 0 Å². The van der Waals surface area contributed by atoms with Crippen LogP contribution in [0.3, 0.4) is 0 Å². The van der Waals surface area contributed by atoms with E-state index in [-0.39, 0.29) is 6.42 Å². The normalized spacial score (nSPS) is 32.2. The lowest BCUT2D eigenvalue weighted by Crippen LogP contribution is -2.58. The van der Waals surface area contributed by atoms with E-state index in [1.807, 2.05) is 0 Å². The zero-order valence-corrected chi connectivity index (χ0v) is 11.9. The maximum absolute atomic E-state index is 10.7. The van der Waals surface area contributed by atoms with E-state index in [9.17, 15) is 21.9 Å². The molecule has 1 aliphatic rings. The molecule has 4 N–H and O–H groups in total. The lowest BCUT2D eigenvalue weighted by atomic mass is 10.0. The number of ether oxygens (including phenoxy) is 2. The average Bonchev–Trinajstić information content (AvgIpc) is 2.26. The van der Waals surface area contributed by atoms with Gasteiger partial charge in [0.25, 0.3) is 0 Å². The van der Waals surface area contributed by atoms with Crippen molar-refractivity contribution in [2.45, 2.75) is 31.0 Å². The summed E-state index contributed by atoms with van der Waals surface area (Å²) in [4.78, 5) is 0. The van der Waals surface area contributed by atoms with Crippen molar-refractivity contribution < 1.29 is 44.7 Å². The van der Waals surface area contributed by atoms with Gasteiger partial charge in [0.2, 0.25) is 0 Å². The Balaban J connectivity index is 2.70. The van der Waals surface area contributed by atoms with Crippen molar-refractivity contribution in [3.8, 4) is 0 Å². The van der Waals surface area contributed by atoms with E-state index >= 15 is 0 Å². The number of nitrogens with one attached hydrogen (secondary N) is 1. The molecule has 0 saturated carbocycles. The van der Waals surface area contributed by atoms with Gasteiger partial charge in [-0.3, -0.25) is 9.11 Å². The molecule has 2 unspecified atom stereocenters. The molecule has 0 aromatic heterocycles. The second kappa shape index (κ2) is 6.59. The summed E-state index contributed by atoms with van der Waals surface area (Å²) in [5.41, 5.74) is 0. The summed E-state index contributed by atoms with van der Waals surface area (Å²) >= 11 is 0. The van der Waals surface area contributed by atoms with Crippen molar-refractivity contribution in [1.82, 2.24) is 4.72 Å². The van der Waals surface area contributed by atoms with Gasteiger partial charge >= 0.3 is 20.7 Å². The highest BCUT2D eigenvalue weighted by atomic mass is 32.3. The van der Waals surface area contributed by atoms with Gasteiger partial charge in [-0.15, -0.1) is 0 Å². The summed E-state index contributed by atoms with van der Waals surface area (Å²) in [6.07, 6.45) is -3.78. The monoisotopic (exact) mass is 337 g/mol. The Morgan fingerprint density at radius 1 is 1.30 bits per heavy atom. The fourth-order valence-electron chi connectivity index (χ4n) is 1.70. The molecular weight excluding hydrogens is 322 g/mol. The molecule has 13 heteroatoms. The molecule has 0 amide bonds. The highest BCUT2D eigenvalue weighted by Crippen LogP contribution is 2.22. The Morgan fingerprint density at radius 3 is 2.35 bits per heavy atom. The Morgan fingerprint density at radius 2 is 1.90 bits per heavy atom. The fraction of sp³-hybridized carbons (Fsp3) is 1.00. The second-order valence-electron chi connectivity index (χ2n) is 4.00. The van der Waals surface area contributed by atoms with Gasteiger partial charge < -0.3 is 14.6 Å². The van der Waals surface area contributed by atoms with E-state index in [1.165, 1.54) is 0 Å². The molecule has 120 valence electrons. The third-order valence-electron chi connectivity index (χ3n) is 2.46. The first-order valence-electron chi connectivity index (χ1n) is 5.24. The van der Waals surface area contributed by atoms with Crippen LogP contribution in [0.25, 0.3) is 0 Å². The molecule has 1 saturated heterocycles. The van der Waals surface area contributed by atoms with Gasteiger partial charge in [-0.05, 0) is 0 Å². The largest absolute Gasteiger partial charge is 0.397 e. The van der Waals surface area contributed by atoms with E-state index < -0.39 is 51.8 Å². The van der Waals surface area contributed by atoms with Crippen LogP contribution < -0.4 is 4.72 Å². The molecule has 0 radical (unpaired) electrons. The molecule has 1 aliphatic heterocycles. The molecule has 1 fully saturated rings. The lowest BCUT2D eigenvalue weighted by molar-refractivity contribution is -0.222. The van der Waals surface area contributed by atoms with Crippen LogP contribution in [0.4, 0.5) is 0 Å². The molecule has 0 aromatic carbocycles. The lowest BCUT2D eigenvalue weighted by Gasteiger charge is -2.38. The standard InChI is InChI=1S/C7H15NO10S2/c1-16-7-6(8-19(10,11)12)5(9)2-4(18-7)3-17-20(13,14)15/h4-9H,2-3H2,1H3,(H,10,11,12)(H,13,14,15)/t4?,5?,6-,7+/m0/s1. The Bertz CT molecular complexity index is 516. The van der Waals surface area contributed by atoms with E-state index in [0.29, 0.717) is 0 Å². The molecular formula is C7H15NO10S2. The highest BCUT2D eigenvalue weighted by Gasteiger charge is 2.40. The quantitative estimate of drug-likeness (QED) is 0.386. The van der Waals surface area contributed by atoms with Gasteiger partial charge in [0.1, 0.15) is 6.04 Å². The zero-order valence-electron chi connectivity index (χ0n) is 10.2. The van der Waals surface area contributed by atoms with Crippen LogP contribution >= 0.6 is 0 Å². The van der Waals surface area contributed by atoms with Crippen LogP contribution in [0.1, 0.15) is 6.42 Å². The van der Waals surface area contributed by atoms with Crippen molar-refractivity contribution in [2.75, 3.05) is 13.7 Å². The minimum absolute atomic E-state index is 0.206. The topological polar surface area (TPSA) is 169 Å². The van der Waals surface area contributed by atoms with Crippen molar-refractivity contribution in [3.05, 3.63) is 0 Å². The Labute approximate surface area is 115 Å². The van der Waals surface area contributed by atoms with Crippen LogP contribution in [-0.2, 0) is 34.4 Å². The SMILES string of the molecule is CO[C@@H]1OC(COS(=O)(=O)O)CC(O)[C@@H]1NS(=O)(=O)O. The number of rotatable bonds is 6. The molecule has 1 heterocycles. The Kier molecular flexibility index (Phi) is 5.82. The van der Waals surface area contributed by atoms with E-state index in [1.54, 1.807) is 4.72 Å². The summed E-state index contributed by atoms with van der Waals surface area (Å²) < 4.78 is 75.1. The van der Waals surface area contributed by atoms with Gasteiger partial charge in [-0.2, -0.15) is 21.6 Å². The number of hydrogen-bond acceptors (Lipinski definition) is 8. The maximum atomic E-state index is 10.7. The van der Waals surface area contributed by atoms with Crippen LogP contribution in [0.5, 0.6) is 0 Å². The predicted octanol–water partition coefficient (Wildman–Crippen LogP) is -2.31. The van der Waals surface area contributed by atoms with Gasteiger partial charge in [0.05, 0.1) is 18.8 Å². The van der Waals surface area contributed by atoms with E-state index in [0.717, 1.165) is 7.11 Å². The van der Waals surface area contributed by atoms with Gasteiger partial charge in [0.15, 0.2) is 6.29 Å². The zero-order chi connectivity index (χ0) is 15.6. The first-order valence-corrected chi connectivity index (χ1v) is 8.05. The highest BCUT2D eigenvalue weighted by molar-refractivity contribution is 7.83. The number of aliphatic hydroxyl groups is 1. The van der Waals surface area contributed by atoms with Gasteiger partial charge in [-0.25, -0.2) is 4.18 Å². The molecule has 4 atom stereocenters. The first-order chi connectivity index (χ1) is 9.02. The van der Waals surface area contributed by atoms with Crippen molar-refractivity contribution in [1.29, 1.82) is 0 Å². The molecule has 11 nitrogen and oxygen atoms in total. The van der Waals surface area contributed by atoms with E-state index in [2.05, 4.69) is 4.18 Å². The van der Waals surface area contributed by atoms with Crippen LogP contribution in [-0.4, -0.2) is 69.3 Å². The Hall–Kier alpha value is -0.380. The third kappa shape index (κ3) is 5.94. The van der Waals surface area contributed by atoms with Crippen molar-refractivity contribution in [3.63, 3.8) is 0 Å². The average molecular weight is 337 g/mol. The summed E-state index contributed by atoms with van der Waals surface area (Å²) in [5, 5.41) is 9.77. The smallest absolute Gasteiger partial charge is 0.391 e. The van der Waals surface area contributed by atoms with Crippen molar-refractivity contribution in [2.24, 2.45) is 0 Å². The molecule has 1 rings (SSSR count). The van der Waals surface area contributed by atoms with Crippen molar-refractivity contribution >= 4 is 20.7 Å². The maximum Gasteiger partial charge on any atom is 0.397 e. The summed E-state index contributed by atoms with van der Waals surface area (Å²) in [7, 11) is -8.10. The summed E-state index contributed by atoms with van der Waals surface area (Å²) in [6, 6.07) is -1.28. The predicted molar refractivity (Wildman–Crippen MR) is 62.3 cm³/mol. The molecule has 0 aliphatic carbocycles. The van der Waals surface area contributed by atoms with Crippen LogP contribution in [0, 0.1) is 0 Å². The minimum Gasteiger partial charge on any atom is -0.391 e. The molecule has 0 spiro atoms. The molecule has 20 heavy (non-hydrogen) atoms. The number of hydrogen-bond donors (Lipinski definition) is 4. The summed E-state index contributed by atoms with van der Waals surface area (Å²) in [5.74, 6) is 0. The molecule has 0 aromatic rings. The van der Waals surface area contributed by atoms with Crippen LogP contribution in [0.15, 0.2) is 0 Å². The number of aliphatic hydroxyl groups excluding tert-OH is 1. The van der Waals surface area contributed by atoms with Gasteiger partial charge in [-0.1, -0.05) is 0 Å². The summed E-state index contributed by atoms with van der Waals surface area (Å²) in [6.45, 7) is -0.589.